The Bertz CT molecular complexity index is 695. The van der Waals surface area contributed by atoms with Gasteiger partial charge in [0.1, 0.15) is 22.7 Å². The van der Waals surface area contributed by atoms with E-state index in [1.807, 2.05) is 0 Å². The van der Waals surface area contributed by atoms with Gasteiger partial charge in [-0.05, 0) is 34.1 Å². The molecule has 9 heteroatoms. The molecule has 0 spiro atoms. The lowest BCUT2D eigenvalue weighted by molar-refractivity contribution is -0.385. The molecule has 2 aromatic heterocycles. The van der Waals surface area contributed by atoms with Gasteiger partial charge < -0.3 is 5.32 Å². The topological polar surface area (TPSA) is 98.0 Å². The fourth-order valence-electron chi connectivity index (χ4n) is 1.40. The summed E-state index contributed by atoms with van der Waals surface area (Å²) in [7, 11) is 0. The monoisotopic (exact) mass is 356 g/mol. The van der Waals surface area contributed by atoms with E-state index < -0.39 is 16.5 Å². The lowest BCUT2D eigenvalue weighted by atomic mass is 10.2. The number of rotatable bonds is 3. The van der Waals surface area contributed by atoms with Gasteiger partial charge in [-0.25, -0.2) is 9.97 Å². The third kappa shape index (κ3) is 3.09. The Morgan fingerprint density at radius 3 is 2.85 bits per heavy atom. The van der Waals surface area contributed by atoms with Crippen LogP contribution in [0.25, 0.3) is 0 Å². The van der Waals surface area contributed by atoms with E-state index in [9.17, 15) is 14.9 Å². The van der Waals surface area contributed by atoms with Crippen LogP contribution in [0.3, 0.4) is 0 Å². The number of hydrogen-bond acceptors (Lipinski definition) is 5. The third-order valence-corrected chi connectivity index (χ3v) is 3.13. The van der Waals surface area contributed by atoms with Gasteiger partial charge in [-0.3, -0.25) is 14.9 Å². The van der Waals surface area contributed by atoms with Crippen molar-refractivity contribution in [2.45, 2.75) is 0 Å². The van der Waals surface area contributed by atoms with Crippen LogP contribution in [-0.4, -0.2) is 20.8 Å². The van der Waals surface area contributed by atoms with Gasteiger partial charge in [0.15, 0.2) is 0 Å². The van der Waals surface area contributed by atoms with Crippen molar-refractivity contribution in [3.8, 4) is 0 Å². The minimum absolute atomic E-state index is 0.0131. The summed E-state index contributed by atoms with van der Waals surface area (Å²) < 4.78 is 0.552. The Balaban J connectivity index is 2.37. The maximum atomic E-state index is 12.1. The van der Waals surface area contributed by atoms with E-state index in [2.05, 4.69) is 31.2 Å². The highest BCUT2D eigenvalue weighted by Crippen LogP contribution is 2.23. The molecule has 1 N–H and O–H groups in total. The summed E-state index contributed by atoms with van der Waals surface area (Å²) >= 11 is 8.87. The number of carbonyl (C=O) groups excluding carboxylic acids is 1. The summed E-state index contributed by atoms with van der Waals surface area (Å²) in [5.41, 5.74) is -0.619. The first-order chi connectivity index (χ1) is 9.49. The molecule has 2 heterocycles. The highest BCUT2D eigenvalue weighted by molar-refractivity contribution is 9.10. The van der Waals surface area contributed by atoms with E-state index in [1.54, 1.807) is 12.1 Å². The van der Waals surface area contributed by atoms with Gasteiger partial charge in [-0.15, -0.1) is 0 Å². The SMILES string of the molecule is O=C(Nc1ncccc1Br)c1cc(Cl)ncc1[N+](=O)[O-]. The Morgan fingerprint density at radius 2 is 2.20 bits per heavy atom. The van der Waals surface area contributed by atoms with Gasteiger partial charge >= 0.3 is 0 Å². The predicted octanol–water partition coefficient (Wildman–Crippen LogP) is 3.05. The zero-order valence-corrected chi connectivity index (χ0v) is 12.1. The van der Waals surface area contributed by atoms with Crippen LogP contribution in [0.1, 0.15) is 10.4 Å². The standard InChI is InChI=1S/C11H6BrClN4O3/c12-7-2-1-3-14-10(7)16-11(18)6-4-9(13)15-5-8(6)17(19)20/h1-5H,(H,14,16,18). The number of nitrogens with one attached hydrogen (secondary N) is 1. The second kappa shape index (κ2) is 5.93. The number of halogens is 2. The maximum absolute atomic E-state index is 12.1. The quantitative estimate of drug-likeness (QED) is 0.517. The average Bonchev–Trinajstić information content (AvgIpc) is 2.40. The zero-order chi connectivity index (χ0) is 14.7. The molecule has 0 atom stereocenters. The summed E-state index contributed by atoms with van der Waals surface area (Å²) in [6, 6.07) is 4.48. The number of hydrogen-bond donors (Lipinski definition) is 1. The molecule has 0 saturated heterocycles. The van der Waals surface area contributed by atoms with Crippen molar-refractivity contribution >= 4 is 44.9 Å². The van der Waals surface area contributed by atoms with Crippen LogP contribution in [-0.2, 0) is 0 Å². The van der Waals surface area contributed by atoms with Crippen molar-refractivity contribution in [2.24, 2.45) is 0 Å². The van der Waals surface area contributed by atoms with Crippen LogP contribution in [0, 0.1) is 10.1 Å². The predicted molar refractivity (Wildman–Crippen MR) is 75.8 cm³/mol. The largest absolute Gasteiger partial charge is 0.305 e. The maximum Gasteiger partial charge on any atom is 0.300 e. The Morgan fingerprint density at radius 1 is 1.45 bits per heavy atom. The number of anilines is 1. The minimum atomic E-state index is -0.703. The van der Waals surface area contributed by atoms with Crippen LogP contribution in [0.15, 0.2) is 35.1 Å². The van der Waals surface area contributed by atoms with Crippen LogP contribution >= 0.6 is 27.5 Å². The molecule has 102 valence electrons. The second-order valence-corrected chi connectivity index (χ2v) is 4.81. The van der Waals surface area contributed by atoms with Crippen molar-refractivity contribution < 1.29 is 9.72 Å². The smallest absolute Gasteiger partial charge is 0.300 e. The Hall–Kier alpha value is -2.06. The first kappa shape index (κ1) is 14.4. The summed E-state index contributed by atoms with van der Waals surface area (Å²) in [6.07, 6.45) is 2.42. The molecule has 0 aliphatic rings. The van der Waals surface area contributed by atoms with Crippen molar-refractivity contribution in [2.75, 3.05) is 5.32 Å². The van der Waals surface area contributed by atoms with Crippen molar-refractivity contribution in [3.63, 3.8) is 0 Å². The summed E-state index contributed by atoms with van der Waals surface area (Å²) in [4.78, 5) is 29.8. The van der Waals surface area contributed by atoms with E-state index in [4.69, 9.17) is 11.6 Å². The van der Waals surface area contributed by atoms with E-state index in [1.165, 1.54) is 6.20 Å². The van der Waals surface area contributed by atoms with E-state index >= 15 is 0 Å². The fourth-order valence-corrected chi connectivity index (χ4v) is 1.91. The highest BCUT2D eigenvalue weighted by Gasteiger charge is 2.22. The summed E-state index contributed by atoms with van der Waals surface area (Å²) in [5.74, 6) is -0.444. The molecule has 0 aliphatic heterocycles. The van der Waals surface area contributed by atoms with E-state index in [-0.39, 0.29) is 16.5 Å². The van der Waals surface area contributed by atoms with Gasteiger partial charge in [0.05, 0.1) is 9.40 Å². The Kier molecular flexibility index (Phi) is 4.26. The second-order valence-electron chi connectivity index (χ2n) is 3.57. The molecular formula is C11H6BrClN4O3. The Labute approximate surface area is 126 Å². The van der Waals surface area contributed by atoms with E-state index in [0.717, 1.165) is 12.3 Å². The normalized spacial score (nSPS) is 10.1. The van der Waals surface area contributed by atoms with E-state index in [0.29, 0.717) is 4.47 Å². The fraction of sp³-hybridized carbons (Fsp3) is 0. The molecule has 2 aromatic rings. The van der Waals surface area contributed by atoms with Crippen molar-refractivity contribution in [3.05, 3.63) is 55.9 Å². The molecule has 20 heavy (non-hydrogen) atoms. The van der Waals surface area contributed by atoms with Gasteiger partial charge in [-0.2, -0.15) is 0 Å². The highest BCUT2D eigenvalue weighted by atomic mass is 79.9. The number of amides is 1. The van der Waals surface area contributed by atoms with Crippen LogP contribution in [0.2, 0.25) is 5.15 Å². The molecule has 1 amide bonds. The van der Waals surface area contributed by atoms with Gasteiger partial charge in [0, 0.05) is 6.20 Å². The number of aromatic nitrogens is 2. The number of pyridine rings is 2. The molecule has 0 fully saturated rings. The van der Waals surface area contributed by atoms with Gasteiger partial charge in [-0.1, -0.05) is 11.6 Å². The number of nitrogens with zero attached hydrogens (tertiary/aromatic N) is 3. The van der Waals surface area contributed by atoms with Crippen LogP contribution in [0.4, 0.5) is 11.5 Å². The third-order valence-electron chi connectivity index (χ3n) is 2.28. The molecule has 0 radical (unpaired) electrons. The molecule has 0 bridgehead atoms. The van der Waals surface area contributed by atoms with Crippen LogP contribution in [0.5, 0.6) is 0 Å². The van der Waals surface area contributed by atoms with Crippen LogP contribution < -0.4 is 5.32 Å². The van der Waals surface area contributed by atoms with Gasteiger partial charge in [0.25, 0.3) is 11.6 Å². The summed E-state index contributed by atoms with van der Waals surface area (Å²) in [6.45, 7) is 0. The van der Waals surface area contributed by atoms with Gasteiger partial charge in [0.2, 0.25) is 0 Å². The lowest BCUT2D eigenvalue weighted by Crippen LogP contribution is -2.15. The molecule has 2 rings (SSSR count). The van der Waals surface area contributed by atoms with Crippen molar-refractivity contribution in [1.29, 1.82) is 0 Å². The van der Waals surface area contributed by atoms with Crippen molar-refractivity contribution in [1.82, 2.24) is 9.97 Å². The number of nitro groups is 1. The molecule has 0 unspecified atom stereocenters. The first-order valence-electron chi connectivity index (χ1n) is 5.21. The number of carbonyl (C=O) groups is 1. The molecule has 0 aromatic carbocycles. The molecular weight excluding hydrogens is 352 g/mol. The lowest BCUT2D eigenvalue weighted by Gasteiger charge is -2.06. The first-order valence-corrected chi connectivity index (χ1v) is 6.38. The molecule has 0 saturated carbocycles. The molecule has 0 aliphatic carbocycles. The zero-order valence-electron chi connectivity index (χ0n) is 9.71. The average molecular weight is 358 g/mol. The molecule has 7 nitrogen and oxygen atoms in total. The minimum Gasteiger partial charge on any atom is -0.305 e. The summed E-state index contributed by atoms with van der Waals surface area (Å²) in [5, 5.41) is 13.3.